The van der Waals surface area contributed by atoms with Gasteiger partial charge in [0.15, 0.2) is 11.3 Å². The summed E-state index contributed by atoms with van der Waals surface area (Å²) in [4.78, 5) is 31.5. The molecule has 18 heteroatoms. The van der Waals surface area contributed by atoms with E-state index >= 15 is 0 Å². The van der Waals surface area contributed by atoms with Crippen molar-refractivity contribution in [3.05, 3.63) is 28.2 Å². The van der Waals surface area contributed by atoms with Gasteiger partial charge in [0.2, 0.25) is 0 Å². The second-order valence-electron chi connectivity index (χ2n) is 9.30. The fourth-order valence-corrected chi connectivity index (χ4v) is 5.20. The summed E-state index contributed by atoms with van der Waals surface area (Å²) < 4.78 is 121. The number of amides is 2. The SMILES string of the molecule is Cc1cc(C(F)(F)F)n2nc(C(=O)N3CCCC34CCN(C(=O)OC(C(F)(F)F)C(F)(F)F)CC4)c(Cl)c2n1. The highest BCUT2D eigenvalue weighted by Gasteiger charge is 2.60. The molecule has 1 spiro atoms. The minimum Gasteiger partial charge on any atom is -0.426 e. The number of likely N-dealkylation sites (tertiary alicyclic amines) is 2. The highest BCUT2D eigenvalue weighted by atomic mass is 35.5. The Morgan fingerprint density at radius 3 is 2.13 bits per heavy atom. The largest absolute Gasteiger partial charge is 0.434 e. The Labute approximate surface area is 218 Å². The van der Waals surface area contributed by atoms with Gasteiger partial charge in [0.1, 0.15) is 10.7 Å². The molecular formula is C21H19ClF9N5O3. The van der Waals surface area contributed by atoms with E-state index in [0.29, 0.717) is 22.3 Å². The molecule has 2 amide bonds. The zero-order valence-corrected chi connectivity index (χ0v) is 20.6. The van der Waals surface area contributed by atoms with Crippen LogP contribution in [0.25, 0.3) is 5.65 Å². The number of alkyl halides is 9. The number of aryl methyl sites for hydroxylation is 1. The average Bonchev–Trinajstić information content (AvgIpc) is 3.36. The molecule has 4 heterocycles. The van der Waals surface area contributed by atoms with E-state index < -0.39 is 58.6 Å². The zero-order chi connectivity index (χ0) is 29.1. The summed E-state index contributed by atoms with van der Waals surface area (Å²) in [5.41, 5.74) is -3.09. The van der Waals surface area contributed by atoms with Gasteiger partial charge in [-0.05, 0) is 38.7 Å². The number of fused-ring (bicyclic) bond motifs is 1. The number of nitrogens with zero attached hydrogens (tertiary/aromatic N) is 5. The van der Waals surface area contributed by atoms with E-state index in [0.717, 1.165) is 6.07 Å². The lowest BCUT2D eigenvalue weighted by Crippen LogP contribution is -2.56. The van der Waals surface area contributed by atoms with Gasteiger partial charge in [0, 0.05) is 30.9 Å². The average molecular weight is 596 g/mol. The minimum atomic E-state index is -5.87. The topological polar surface area (TPSA) is 80.0 Å². The molecule has 0 aromatic carbocycles. The molecule has 2 aliphatic rings. The second kappa shape index (κ2) is 9.59. The first kappa shape index (κ1) is 29.0. The van der Waals surface area contributed by atoms with Crippen molar-refractivity contribution >= 4 is 29.2 Å². The summed E-state index contributed by atoms with van der Waals surface area (Å²) in [6, 6.07) is 0.735. The molecular weight excluding hydrogens is 577 g/mol. The summed E-state index contributed by atoms with van der Waals surface area (Å²) in [5, 5.41) is 3.36. The normalized spacial score (nSPS) is 18.5. The summed E-state index contributed by atoms with van der Waals surface area (Å²) >= 11 is 6.22. The third-order valence-corrected chi connectivity index (χ3v) is 7.11. The molecule has 0 radical (unpaired) electrons. The third kappa shape index (κ3) is 5.41. The van der Waals surface area contributed by atoms with Crippen LogP contribution >= 0.6 is 11.6 Å². The maximum Gasteiger partial charge on any atom is 0.434 e. The van der Waals surface area contributed by atoms with Gasteiger partial charge < -0.3 is 14.5 Å². The van der Waals surface area contributed by atoms with Crippen LogP contribution in [0.3, 0.4) is 0 Å². The second-order valence-corrected chi connectivity index (χ2v) is 9.68. The summed E-state index contributed by atoms with van der Waals surface area (Å²) in [5.74, 6) is -0.820. The summed E-state index contributed by atoms with van der Waals surface area (Å²) in [6.45, 7) is 0.780. The lowest BCUT2D eigenvalue weighted by molar-refractivity contribution is -0.308. The molecule has 2 aliphatic heterocycles. The minimum absolute atomic E-state index is 0.0224. The van der Waals surface area contributed by atoms with Crippen LogP contribution in [-0.2, 0) is 10.9 Å². The van der Waals surface area contributed by atoms with Crippen LogP contribution in [-0.4, -0.2) is 80.0 Å². The lowest BCUT2D eigenvalue weighted by atomic mass is 9.85. The van der Waals surface area contributed by atoms with Crippen LogP contribution in [0, 0.1) is 6.92 Å². The Bertz CT molecular complexity index is 1270. The summed E-state index contributed by atoms with van der Waals surface area (Å²) in [6.07, 6.45) is -22.0. The van der Waals surface area contributed by atoms with E-state index in [4.69, 9.17) is 11.6 Å². The number of hydrogen-bond acceptors (Lipinski definition) is 5. The highest BCUT2D eigenvalue weighted by molar-refractivity contribution is 6.36. The van der Waals surface area contributed by atoms with Crippen molar-refractivity contribution in [3.63, 3.8) is 0 Å². The number of carbonyl (C=O) groups excluding carboxylic acids is 2. The van der Waals surface area contributed by atoms with E-state index in [2.05, 4.69) is 14.8 Å². The van der Waals surface area contributed by atoms with Crippen molar-refractivity contribution in [1.29, 1.82) is 0 Å². The number of ether oxygens (including phenoxy) is 1. The zero-order valence-electron chi connectivity index (χ0n) is 19.8. The van der Waals surface area contributed by atoms with Crippen molar-refractivity contribution in [2.75, 3.05) is 19.6 Å². The van der Waals surface area contributed by atoms with Gasteiger partial charge in [-0.3, -0.25) is 4.79 Å². The predicted octanol–water partition coefficient (Wildman–Crippen LogP) is 5.41. The van der Waals surface area contributed by atoms with E-state index in [1.165, 1.54) is 11.8 Å². The number of aromatic nitrogens is 3. The molecule has 0 aliphatic carbocycles. The van der Waals surface area contributed by atoms with E-state index in [1.54, 1.807) is 0 Å². The number of halogens is 10. The number of hydrogen-bond donors (Lipinski definition) is 0. The van der Waals surface area contributed by atoms with Crippen LogP contribution in [0.2, 0.25) is 5.02 Å². The van der Waals surface area contributed by atoms with Crippen LogP contribution in [0.15, 0.2) is 6.07 Å². The standard InChI is InChI=1S/C21H19ClF9N5O3/c1-10-9-11(19(23,24)25)36-14(32-10)12(22)13(33-36)15(37)35-6-2-3-18(35)4-7-34(8-5-18)17(38)39-16(20(26,27)28)21(29,30)31/h9,16H,2-8H2,1H3. The Morgan fingerprint density at radius 1 is 1.00 bits per heavy atom. The predicted molar refractivity (Wildman–Crippen MR) is 114 cm³/mol. The fraction of sp³-hybridized carbons (Fsp3) is 0.619. The van der Waals surface area contributed by atoms with Gasteiger partial charge in [0.25, 0.3) is 12.0 Å². The van der Waals surface area contributed by atoms with Gasteiger partial charge in [0.05, 0.1) is 0 Å². The van der Waals surface area contributed by atoms with Gasteiger partial charge in [-0.15, -0.1) is 0 Å². The smallest absolute Gasteiger partial charge is 0.426 e. The lowest BCUT2D eigenvalue weighted by Gasteiger charge is -2.44. The molecule has 39 heavy (non-hydrogen) atoms. The van der Waals surface area contributed by atoms with Crippen LogP contribution in [0.4, 0.5) is 44.3 Å². The van der Waals surface area contributed by atoms with Gasteiger partial charge in [-0.25, -0.2) is 14.3 Å². The molecule has 2 aromatic rings. The van der Waals surface area contributed by atoms with E-state index in [1.807, 2.05) is 0 Å². The number of rotatable bonds is 2. The first-order valence-corrected chi connectivity index (χ1v) is 11.8. The van der Waals surface area contributed by atoms with Gasteiger partial charge in [-0.1, -0.05) is 11.6 Å². The molecule has 4 rings (SSSR count). The van der Waals surface area contributed by atoms with Crippen molar-refractivity contribution in [2.24, 2.45) is 0 Å². The molecule has 0 saturated carbocycles. The first-order chi connectivity index (χ1) is 17.8. The van der Waals surface area contributed by atoms with Crippen LogP contribution in [0.5, 0.6) is 0 Å². The van der Waals surface area contributed by atoms with Crippen LogP contribution in [0.1, 0.15) is 47.6 Å². The van der Waals surface area contributed by atoms with Crippen molar-refractivity contribution in [3.8, 4) is 0 Å². The molecule has 2 aromatic heterocycles. The van der Waals surface area contributed by atoms with E-state index in [9.17, 15) is 49.1 Å². The molecule has 0 N–H and O–H groups in total. The molecule has 216 valence electrons. The Morgan fingerprint density at radius 2 is 1.59 bits per heavy atom. The molecule has 0 bridgehead atoms. The molecule has 8 nitrogen and oxygen atoms in total. The molecule has 2 saturated heterocycles. The highest BCUT2D eigenvalue weighted by Crippen LogP contribution is 2.41. The third-order valence-electron chi connectivity index (χ3n) is 6.76. The molecule has 0 atom stereocenters. The maximum absolute atomic E-state index is 13.5. The van der Waals surface area contributed by atoms with Gasteiger partial charge >= 0.3 is 24.6 Å². The maximum atomic E-state index is 13.5. The summed E-state index contributed by atoms with van der Waals surface area (Å²) in [7, 11) is 0. The number of piperidine rings is 1. The van der Waals surface area contributed by atoms with Crippen molar-refractivity contribution in [1.82, 2.24) is 24.4 Å². The van der Waals surface area contributed by atoms with Crippen molar-refractivity contribution in [2.45, 2.75) is 62.8 Å². The van der Waals surface area contributed by atoms with Crippen molar-refractivity contribution < 1.29 is 53.8 Å². The quantitative estimate of drug-likeness (QED) is 0.434. The van der Waals surface area contributed by atoms with E-state index in [-0.39, 0.29) is 43.8 Å². The molecule has 0 unspecified atom stereocenters. The number of carbonyl (C=O) groups is 2. The molecule has 2 fully saturated rings. The first-order valence-electron chi connectivity index (χ1n) is 11.4. The Balaban J connectivity index is 1.54. The Hall–Kier alpha value is -2.98. The monoisotopic (exact) mass is 595 g/mol. The Kier molecular flexibility index (Phi) is 7.13. The van der Waals surface area contributed by atoms with Gasteiger partial charge in [-0.2, -0.15) is 44.6 Å². The fourth-order valence-electron chi connectivity index (χ4n) is 4.95. The van der Waals surface area contributed by atoms with Crippen LogP contribution < -0.4 is 0 Å².